The first-order chi connectivity index (χ1) is 11.5. The van der Waals surface area contributed by atoms with Crippen molar-refractivity contribution in [3.8, 4) is 0 Å². The van der Waals surface area contributed by atoms with Crippen molar-refractivity contribution in [3.63, 3.8) is 0 Å². The fourth-order valence-corrected chi connectivity index (χ4v) is 4.62. The number of primary amides is 1. The molecule has 1 aliphatic heterocycles. The van der Waals surface area contributed by atoms with Crippen molar-refractivity contribution < 1.29 is 14.3 Å². The van der Waals surface area contributed by atoms with Crippen molar-refractivity contribution in [3.05, 3.63) is 45.8 Å². The van der Waals surface area contributed by atoms with E-state index >= 15 is 0 Å². The summed E-state index contributed by atoms with van der Waals surface area (Å²) in [6, 6.07) is 7.99. The van der Waals surface area contributed by atoms with Gasteiger partial charge in [0.15, 0.2) is 0 Å². The number of rotatable bonds is 5. The molecule has 0 spiro atoms. The van der Waals surface area contributed by atoms with Crippen LogP contribution in [0, 0.1) is 6.92 Å². The standard InChI is InChI=1S/C17H18N2O3S2/c1-10-3-2-4-11(7-10)23-9-14(20)19-17-15(16(18)21)12-5-6-22-8-13(12)24-17/h2-4,7H,5-6,8-9H2,1H3,(H2,18,21)(H,19,20). The van der Waals surface area contributed by atoms with E-state index in [1.807, 2.05) is 31.2 Å². The van der Waals surface area contributed by atoms with Crippen molar-refractivity contribution in [2.24, 2.45) is 5.73 Å². The zero-order valence-corrected chi connectivity index (χ0v) is 14.9. The van der Waals surface area contributed by atoms with Crippen LogP contribution in [0.15, 0.2) is 29.2 Å². The molecule has 1 aromatic carbocycles. The van der Waals surface area contributed by atoms with Gasteiger partial charge in [0.05, 0.1) is 24.5 Å². The minimum Gasteiger partial charge on any atom is -0.376 e. The molecule has 0 bridgehead atoms. The summed E-state index contributed by atoms with van der Waals surface area (Å²) < 4.78 is 5.41. The summed E-state index contributed by atoms with van der Waals surface area (Å²) in [5, 5.41) is 3.37. The van der Waals surface area contributed by atoms with E-state index in [1.54, 1.807) is 0 Å². The number of anilines is 1. The lowest BCUT2D eigenvalue weighted by molar-refractivity contribution is -0.113. The summed E-state index contributed by atoms with van der Waals surface area (Å²) >= 11 is 2.84. The van der Waals surface area contributed by atoms with E-state index in [0.29, 0.717) is 30.2 Å². The molecule has 2 heterocycles. The molecular formula is C17H18N2O3S2. The number of aryl methyl sites for hydroxylation is 1. The highest BCUT2D eigenvalue weighted by atomic mass is 32.2. The number of fused-ring (bicyclic) bond motifs is 1. The van der Waals surface area contributed by atoms with Crippen LogP contribution in [-0.4, -0.2) is 24.2 Å². The van der Waals surface area contributed by atoms with Crippen molar-refractivity contribution in [2.45, 2.75) is 24.8 Å². The molecule has 5 nitrogen and oxygen atoms in total. The highest BCUT2D eigenvalue weighted by molar-refractivity contribution is 8.00. The second-order valence-electron chi connectivity index (χ2n) is 5.53. The first kappa shape index (κ1) is 17.0. The molecular weight excluding hydrogens is 344 g/mol. The summed E-state index contributed by atoms with van der Waals surface area (Å²) in [5.41, 5.74) is 8.02. The molecule has 1 aliphatic rings. The summed E-state index contributed by atoms with van der Waals surface area (Å²) in [6.07, 6.45) is 0.651. The summed E-state index contributed by atoms with van der Waals surface area (Å²) in [4.78, 5) is 26.0. The number of hydrogen-bond donors (Lipinski definition) is 2. The van der Waals surface area contributed by atoms with Crippen LogP contribution < -0.4 is 11.1 Å². The quantitative estimate of drug-likeness (QED) is 0.801. The Balaban J connectivity index is 1.70. The Bertz CT molecular complexity index is 786. The Morgan fingerprint density at radius 1 is 1.42 bits per heavy atom. The first-order valence-electron chi connectivity index (χ1n) is 7.56. The highest BCUT2D eigenvalue weighted by Crippen LogP contribution is 2.36. The Hall–Kier alpha value is -1.83. The Kier molecular flexibility index (Phi) is 5.23. The number of thiophene rings is 1. The SMILES string of the molecule is Cc1cccc(SCC(=O)Nc2sc3c(c2C(N)=O)CCOC3)c1. The number of thioether (sulfide) groups is 1. The van der Waals surface area contributed by atoms with Crippen LogP contribution in [0.25, 0.3) is 0 Å². The van der Waals surface area contributed by atoms with Crippen molar-refractivity contribution in [2.75, 3.05) is 17.7 Å². The van der Waals surface area contributed by atoms with Gasteiger partial charge in [0, 0.05) is 9.77 Å². The molecule has 3 rings (SSSR count). The normalized spacial score (nSPS) is 13.4. The maximum atomic E-state index is 12.2. The lowest BCUT2D eigenvalue weighted by atomic mass is 10.1. The van der Waals surface area contributed by atoms with Crippen LogP contribution in [0.4, 0.5) is 5.00 Å². The minimum absolute atomic E-state index is 0.150. The zero-order valence-electron chi connectivity index (χ0n) is 13.3. The van der Waals surface area contributed by atoms with E-state index in [-0.39, 0.29) is 11.7 Å². The summed E-state index contributed by atoms with van der Waals surface area (Å²) in [6.45, 7) is 3.05. The van der Waals surface area contributed by atoms with Gasteiger partial charge in [0.2, 0.25) is 5.91 Å². The molecule has 2 amide bonds. The van der Waals surface area contributed by atoms with Gasteiger partial charge < -0.3 is 15.8 Å². The Morgan fingerprint density at radius 2 is 2.25 bits per heavy atom. The van der Waals surface area contributed by atoms with Crippen LogP contribution in [0.5, 0.6) is 0 Å². The average molecular weight is 362 g/mol. The van der Waals surface area contributed by atoms with Crippen LogP contribution in [0.3, 0.4) is 0 Å². The number of nitrogens with one attached hydrogen (secondary N) is 1. The highest BCUT2D eigenvalue weighted by Gasteiger charge is 2.25. The van der Waals surface area contributed by atoms with Crippen molar-refractivity contribution in [1.29, 1.82) is 0 Å². The maximum Gasteiger partial charge on any atom is 0.251 e. The number of benzene rings is 1. The number of carbonyl (C=O) groups is 2. The number of amides is 2. The second kappa shape index (κ2) is 7.38. The van der Waals surface area contributed by atoms with E-state index in [1.165, 1.54) is 23.1 Å². The smallest absolute Gasteiger partial charge is 0.251 e. The number of hydrogen-bond acceptors (Lipinski definition) is 5. The number of nitrogens with two attached hydrogens (primary N) is 1. The summed E-state index contributed by atoms with van der Waals surface area (Å²) in [7, 11) is 0. The van der Waals surface area contributed by atoms with Crippen LogP contribution >= 0.6 is 23.1 Å². The molecule has 0 atom stereocenters. The van der Waals surface area contributed by atoms with Gasteiger partial charge in [-0.1, -0.05) is 17.7 Å². The molecule has 24 heavy (non-hydrogen) atoms. The van der Waals surface area contributed by atoms with Gasteiger partial charge in [-0.25, -0.2) is 0 Å². The van der Waals surface area contributed by atoms with E-state index in [2.05, 4.69) is 5.32 Å². The van der Waals surface area contributed by atoms with Crippen LogP contribution in [0.1, 0.15) is 26.4 Å². The molecule has 126 valence electrons. The minimum atomic E-state index is -0.504. The molecule has 0 aliphatic carbocycles. The van der Waals surface area contributed by atoms with E-state index in [0.717, 1.165) is 20.9 Å². The third-order valence-electron chi connectivity index (χ3n) is 3.68. The third kappa shape index (κ3) is 3.80. The zero-order chi connectivity index (χ0) is 17.1. The first-order valence-corrected chi connectivity index (χ1v) is 9.36. The molecule has 1 aromatic heterocycles. The summed E-state index contributed by atoms with van der Waals surface area (Å²) in [5.74, 6) is -0.375. The molecule has 0 radical (unpaired) electrons. The van der Waals surface area contributed by atoms with Crippen LogP contribution in [-0.2, 0) is 22.6 Å². The van der Waals surface area contributed by atoms with Gasteiger partial charge in [-0.2, -0.15) is 0 Å². The fraction of sp³-hybridized carbons (Fsp3) is 0.294. The van der Waals surface area contributed by atoms with Crippen molar-refractivity contribution in [1.82, 2.24) is 0 Å². The monoisotopic (exact) mass is 362 g/mol. The van der Waals surface area contributed by atoms with Gasteiger partial charge in [0.25, 0.3) is 5.91 Å². The number of ether oxygens (including phenoxy) is 1. The second-order valence-corrected chi connectivity index (χ2v) is 7.68. The topological polar surface area (TPSA) is 81.4 Å². The van der Waals surface area contributed by atoms with Gasteiger partial charge in [0.1, 0.15) is 5.00 Å². The van der Waals surface area contributed by atoms with E-state index in [4.69, 9.17) is 10.5 Å². The molecule has 2 aromatic rings. The largest absolute Gasteiger partial charge is 0.376 e. The predicted molar refractivity (Wildman–Crippen MR) is 96.7 cm³/mol. The Labute approximate surface area is 148 Å². The molecule has 3 N–H and O–H groups in total. The van der Waals surface area contributed by atoms with Gasteiger partial charge in [-0.3, -0.25) is 9.59 Å². The molecule has 0 fully saturated rings. The average Bonchev–Trinajstić information content (AvgIpc) is 2.91. The predicted octanol–water partition coefficient (Wildman–Crippen LogP) is 2.96. The van der Waals surface area contributed by atoms with Gasteiger partial charge >= 0.3 is 0 Å². The third-order valence-corrected chi connectivity index (χ3v) is 5.79. The molecule has 0 unspecified atom stereocenters. The Morgan fingerprint density at radius 3 is 3.00 bits per heavy atom. The molecule has 7 heteroatoms. The number of carbonyl (C=O) groups excluding carboxylic acids is 2. The van der Waals surface area contributed by atoms with Crippen LogP contribution in [0.2, 0.25) is 0 Å². The van der Waals surface area contributed by atoms with Crippen molar-refractivity contribution >= 4 is 39.9 Å². The van der Waals surface area contributed by atoms with E-state index in [9.17, 15) is 9.59 Å². The molecule has 0 saturated heterocycles. The van der Waals surface area contributed by atoms with Gasteiger partial charge in [-0.05, 0) is 31.0 Å². The maximum absolute atomic E-state index is 12.2. The van der Waals surface area contributed by atoms with Gasteiger partial charge in [-0.15, -0.1) is 23.1 Å². The lowest BCUT2D eigenvalue weighted by Gasteiger charge is -2.12. The lowest BCUT2D eigenvalue weighted by Crippen LogP contribution is -2.20. The molecule has 0 saturated carbocycles. The van der Waals surface area contributed by atoms with E-state index < -0.39 is 5.91 Å². The fourth-order valence-electron chi connectivity index (χ4n) is 2.60.